The van der Waals surface area contributed by atoms with Crippen molar-refractivity contribution in [1.82, 2.24) is 0 Å². The van der Waals surface area contributed by atoms with E-state index in [4.69, 9.17) is 10.2 Å². The fraction of sp³-hybridized carbons (Fsp3) is 1.00. The van der Waals surface area contributed by atoms with E-state index in [1.165, 1.54) is 25.7 Å². The number of rotatable bonds is 2. The molecule has 0 aliphatic heterocycles. The second-order valence-electron chi connectivity index (χ2n) is 4.37. The summed E-state index contributed by atoms with van der Waals surface area (Å²) in [5, 5.41) is 18.2. The molecule has 2 aliphatic carbocycles. The first-order chi connectivity index (χ1) is 5.86. The minimum atomic E-state index is 0.360. The van der Waals surface area contributed by atoms with Gasteiger partial charge in [0, 0.05) is 13.2 Å². The molecule has 0 bridgehead atoms. The van der Waals surface area contributed by atoms with E-state index in [1.807, 2.05) is 0 Å². The van der Waals surface area contributed by atoms with Gasteiger partial charge in [-0.2, -0.15) is 0 Å². The zero-order chi connectivity index (χ0) is 8.55. The molecule has 4 unspecified atom stereocenters. The summed E-state index contributed by atoms with van der Waals surface area (Å²) in [5.41, 5.74) is 0. The van der Waals surface area contributed by atoms with E-state index >= 15 is 0 Å². The average molecular weight is 170 g/mol. The van der Waals surface area contributed by atoms with Gasteiger partial charge in [0.2, 0.25) is 0 Å². The quantitative estimate of drug-likeness (QED) is 0.649. The molecular formula is C10H18O2. The third-order valence-electron chi connectivity index (χ3n) is 3.97. The summed E-state index contributed by atoms with van der Waals surface area (Å²) < 4.78 is 0. The summed E-state index contributed by atoms with van der Waals surface area (Å²) in [6.45, 7) is 0.721. The molecule has 70 valence electrons. The third-order valence-corrected chi connectivity index (χ3v) is 3.97. The van der Waals surface area contributed by atoms with Gasteiger partial charge in [-0.3, -0.25) is 0 Å². The summed E-state index contributed by atoms with van der Waals surface area (Å²) in [6.07, 6.45) is 4.84. The molecular weight excluding hydrogens is 152 g/mol. The first-order valence-electron chi connectivity index (χ1n) is 5.08. The molecule has 2 fully saturated rings. The van der Waals surface area contributed by atoms with Gasteiger partial charge in [0.15, 0.2) is 0 Å². The van der Waals surface area contributed by atoms with Crippen LogP contribution in [0.2, 0.25) is 0 Å². The van der Waals surface area contributed by atoms with Gasteiger partial charge >= 0.3 is 0 Å². The summed E-state index contributed by atoms with van der Waals surface area (Å²) in [6, 6.07) is 0. The second-order valence-corrected chi connectivity index (χ2v) is 4.37. The van der Waals surface area contributed by atoms with Crippen LogP contribution in [0, 0.1) is 23.7 Å². The van der Waals surface area contributed by atoms with Crippen LogP contribution in [0.25, 0.3) is 0 Å². The minimum Gasteiger partial charge on any atom is -0.396 e. The van der Waals surface area contributed by atoms with Gasteiger partial charge in [-0.1, -0.05) is 0 Å². The van der Waals surface area contributed by atoms with E-state index in [1.54, 1.807) is 0 Å². The van der Waals surface area contributed by atoms with Crippen LogP contribution in [0.5, 0.6) is 0 Å². The smallest absolute Gasteiger partial charge is 0.0462 e. The second kappa shape index (κ2) is 3.35. The number of hydrogen-bond acceptors (Lipinski definition) is 2. The van der Waals surface area contributed by atoms with Crippen LogP contribution in [-0.4, -0.2) is 23.4 Å². The lowest BCUT2D eigenvalue weighted by atomic mass is 9.89. The fourth-order valence-electron chi connectivity index (χ4n) is 3.29. The lowest BCUT2D eigenvalue weighted by Gasteiger charge is -2.17. The van der Waals surface area contributed by atoms with E-state index in [9.17, 15) is 0 Å². The maximum atomic E-state index is 9.11. The topological polar surface area (TPSA) is 40.5 Å². The van der Waals surface area contributed by atoms with Crippen molar-refractivity contribution < 1.29 is 10.2 Å². The Bertz CT molecular complexity index is 140. The SMILES string of the molecule is OCC1CCC2C(CO)CCC12. The van der Waals surface area contributed by atoms with Crippen molar-refractivity contribution in [2.24, 2.45) is 23.7 Å². The monoisotopic (exact) mass is 170 g/mol. The fourth-order valence-corrected chi connectivity index (χ4v) is 3.29. The Morgan fingerprint density at radius 1 is 0.750 bits per heavy atom. The van der Waals surface area contributed by atoms with Crippen molar-refractivity contribution >= 4 is 0 Å². The molecule has 2 aliphatic rings. The first-order valence-corrected chi connectivity index (χ1v) is 5.08. The maximum absolute atomic E-state index is 9.11. The largest absolute Gasteiger partial charge is 0.396 e. The van der Waals surface area contributed by atoms with Gasteiger partial charge in [0.05, 0.1) is 0 Å². The van der Waals surface area contributed by atoms with Gasteiger partial charge in [-0.05, 0) is 49.4 Å². The van der Waals surface area contributed by atoms with Gasteiger partial charge in [0.25, 0.3) is 0 Å². The first kappa shape index (κ1) is 8.52. The molecule has 0 aromatic heterocycles. The molecule has 0 aromatic rings. The van der Waals surface area contributed by atoms with Gasteiger partial charge in [-0.15, -0.1) is 0 Å². The van der Waals surface area contributed by atoms with Crippen LogP contribution in [-0.2, 0) is 0 Å². The van der Waals surface area contributed by atoms with Crippen LogP contribution in [0.15, 0.2) is 0 Å². The number of fused-ring (bicyclic) bond motifs is 1. The average Bonchev–Trinajstić information content (AvgIpc) is 2.62. The van der Waals surface area contributed by atoms with E-state index in [-0.39, 0.29) is 0 Å². The highest BCUT2D eigenvalue weighted by Crippen LogP contribution is 2.50. The standard InChI is InChI=1S/C10H18O2/c11-5-7-1-3-9-8(6-12)2-4-10(7)9/h7-12H,1-6H2. The van der Waals surface area contributed by atoms with Gasteiger partial charge in [0.1, 0.15) is 0 Å². The Labute approximate surface area is 73.6 Å². The molecule has 12 heavy (non-hydrogen) atoms. The third kappa shape index (κ3) is 1.17. The minimum absolute atomic E-state index is 0.360. The van der Waals surface area contributed by atoms with Crippen LogP contribution in [0.3, 0.4) is 0 Å². The molecule has 4 atom stereocenters. The highest BCUT2D eigenvalue weighted by Gasteiger charge is 2.43. The van der Waals surface area contributed by atoms with E-state index < -0.39 is 0 Å². The molecule has 0 spiro atoms. The zero-order valence-electron chi connectivity index (χ0n) is 7.45. The van der Waals surface area contributed by atoms with Gasteiger partial charge < -0.3 is 10.2 Å². The normalized spacial score (nSPS) is 46.5. The van der Waals surface area contributed by atoms with Crippen molar-refractivity contribution in [3.8, 4) is 0 Å². The van der Waals surface area contributed by atoms with Crippen molar-refractivity contribution in [2.45, 2.75) is 25.7 Å². The highest BCUT2D eigenvalue weighted by molar-refractivity contribution is 4.93. The molecule has 2 heteroatoms. The summed E-state index contributed by atoms with van der Waals surface area (Å²) in [4.78, 5) is 0. The molecule has 2 rings (SSSR count). The summed E-state index contributed by atoms with van der Waals surface area (Å²) >= 11 is 0. The predicted octanol–water partition coefficient (Wildman–Crippen LogP) is 1.02. The lowest BCUT2D eigenvalue weighted by Crippen LogP contribution is -2.17. The zero-order valence-corrected chi connectivity index (χ0v) is 7.45. The van der Waals surface area contributed by atoms with Crippen LogP contribution >= 0.6 is 0 Å². The van der Waals surface area contributed by atoms with Crippen LogP contribution in [0.1, 0.15) is 25.7 Å². The van der Waals surface area contributed by atoms with Crippen molar-refractivity contribution in [3.05, 3.63) is 0 Å². The Balaban J connectivity index is 2.01. The summed E-state index contributed by atoms with van der Waals surface area (Å²) in [7, 11) is 0. The van der Waals surface area contributed by atoms with E-state index in [0.717, 1.165) is 11.8 Å². The van der Waals surface area contributed by atoms with Crippen molar-refractivity contribution in [1.29, 1.82) is 0 Å². The highest BCUT2D eigenvalue weighted by atomic mass is 16.3. The molecule has 0 aromatic carbocycles. The predicted molar refractivity (Wildman–Crippen MR) is 46.6 cm³/mol. The molecule has 2 nitrogen and oxygen atoms in total. The number of hydrogen-bond donors (Lipinski definition) is 2. The van der Waals surface area contributed by atoms with E-state index in [0.29, 0.717) is 25.0 Å². The molecule has 0 amide bonds. The number of aliphatic hydroxyl groups is 2. The summed E-state index contributed by atoms with van der Waals surface area (Å²) in [5.74, 6) is 2.55. The lowest BCUT2D eigenvalue weighted by molar-refractivity contribution is 0.166. The molecule has 0 saturated heterocycles. The Kier molecular flexibility index (Phi) is 2.37. The number of aliphatic hydroxyl groups excluding tert-OH is 2. The van der Waals surface area contributed by atoms with E-state index in [2.05, 4.69) is 0 Å². The molecule has 0 heterocycles. The van der Waals surface area contributed by atoms with Crippen molar-refractivity contribution in [2.75, 3.05) is 13.2 Å². The molecule has 2 saturated carbocycles. The molecule has 0 radical (unpaired) electrons. The van der Waals surface area contributed by atoms with Crippen LogP contribution < -0.4 is 0 Å². The Morgan fingerprint density at radius 3 is 1.50 bits per heavy atom. The van der Waals surface area contributed by atoms with Crippen LogP contribution in [0.4, 0.5) is 0 Å². The maximum Gasteiger partial charge on any atom is 0.0462 e. The Morgan fingerprint density at radius 2 is 1.17 bits per heavy atom. The van der Waals surface area contributed by atoms with Gasteiger partial charge in [-0.25, -0.2) is 0 Å². The molecule has 2 N–H and O–H groups in total. The van der Waals surface area contributed by atoms with Crippen molar-refractivity contribution in [3.63, 3.8) is 0 Å². The Hall–Kier alpha value is -0.0800.